The van der Waals surface area contributed by atoms with Crippen molar-refractivity contribution in [2.24, 2.45) is 0 Å². The predicted molar refractivity (Wildman–Crippen MR) is 144 cm³/mol. The van der Waals surface area contributed by atoms with Crippen LogP contribution in [0.4, 0.5) is 24.8 Å². The molecule has 1 fully saturated rings. The number of likely N-dealkylation sites (N-methyl/N-ethyl adjacent to an activating group) is 1. The lowest BCUT2D eigenvalue weighted by atomic mass is 10.0. The number of amides is 1. The third kappa shape index (κ3) is 7.19. The summed E-state index contributed by atoms with van der Waals surface area (Å²) in [5, 5.41) is 9.92. The predicted octanol–water partition coefficient (Wildman–Crippen LogP) is 3.86. The number of carbonyl (C=O) groups is 1. The average molecular weight is 536 g/mol. The average Bonchev–Trinajstić information content (AvgIpc) is 2.93. The zero-order valence-electron chi connectivity index (χ0n) is 21.3. The fourth-order valence-corrected chi connectivity index (χ4v) is 4.21. The molecule has 1 aliphatic heterocycles. The standard InChI is InChI=1S/C28H28F3N7O/c1-2-37-9-11-38(12-10-37)18-22-6-5-21(15-24(22)28(29,30)31)27(39)36-25-14-19(7-8-34-25)3-4-20-13-23(16-32)26(33)35-17-20/h5-8,13-17,32H,2,9-12,18H2,1H3,(H2,33,35)(H,34,36,39). The van der Waals surface area contributed by atoms with E-state index in [2.05, 4.69) is 38.9 Å². The maximum Gasteiger partial charge on any atom is 0.416 e. The number of pyridine rings is 2. The van der Waals surface area contributed by atoms with Gasteiger partial charge in [0.05, 0.1) is 5.56 Å². The molecule has 3 aromatic rings. The molecule has 1 aliphatic rings. The minimum atomic E-state index is -4.60. The van der Waals surface area contributed by atoms with E-state index in [-0.39, 0.29) is 29.3 Å². The first-order chi connectivity index (χ1) is 18.7. The number of halogens is 3. The number of nitrogen functional groups attached to an aromatic ring is 1. The van der Waals surface area contributed by atoms with E-state index in [0.717, 1.165) is 31.9 Å². The number of piperazine rings is 1. The van der Waals surface area contributed by atoms with Crippen molar-refractivity contribution in [2.45, 2.75) is 19.6 Å². The lowest BCUT2D eigenvalue weighted by Crippen LogP contribution is -2.45. The van der Waals surface area contributed by atoms with E-state index < -0.39 is 17.6 Å². The topological polar surface area (TPSA) is 111 Å². The molecule has 0 saturated carbocycles. The minimum absolute atomic E-state index is 0.118. The van der Waals surface area contributed by atoms with Gasteiger partial charge < -0.3 is 21.4 Å². The first kappa shape index (κ1) is 27.8. The highest BCUT2D eigenvalue weighted by Crippen LogP contribution is 2.33. The molecule has 39 heavy (non-hydrogen) atoms. The van der Waals surface area contributed by atoms with Crippen LogP contribution in [0.3, 0.4) is 0 Å². The van der Waals surface area contributed by atoms with Gasteiger partial charge in [-0.05, 0) is 42.4 Å². The van der Waals surface area contributed by atoms with Gasteiger partial charge in [0.25, 0.3) is 5.91 Å². The summed E-state index contributed by atoms with van der Waals surface area (Å²) < 4.78 is 41.8. The van der Waals surface area contributed by atoms with Crippen LogP contribution in [-0.4, -0.2) is 64.6 Å². The number of nitrogens with two attached hydrogens (primary N) is 1. The summed E-state index contributed by atoms with van der Waals surface area (Å²) in [5.74, 6) is 5.48. The van der Waals surface area contributed by atoms with Gasteiger partial charge in [-0.15, -0.1) is 0 Å². The van der Waals surface area contributed by atoms with Crippen LogP contribution in [0.2, 0.25) is 0 Å². The van der Waals surface area contributed by atoms with Crippen LogP contribution < -0.4 is 11.1 Å². The van der Waals surface area contributed by atoms with E-state index in [1.807, 2.05) is 4.90 Å². The molecule has 202 valence electrons. The minimum Gasteiger partial charge on any atom is -0.383 e. The van der Waals surface area contributed by atoms with E-state index in [1.54, 1.807) is 12.1 Å². The Hall–Kier alpha value is -4.27. The number of hydrogen-bond acceptors (Lipinski definition) is 7. The number of nitrogens with zero attached hydrogens (tertiary/aromatic N) is 4. The molecular weight excluding hydrogens is 507 g/mol. The molecule has 0 spiro atoms. The van der Waals surface area contributed by atoms with Gasteiger partial charge in [-0.3, -0.25) is 9.69 Å². The number of anilines is 2. The lowest BCUT2D eigenvalue weighted by Gasteiger charge is -2.34. The van der Waals surface area contributed by atoms with Gasteiger partial charge in [0.1, 0.15) is 11.6 Å². The Bertz CT molecular complexity index is 1420. The molecule has 1 amide bonds. The highest BCUT2D eigenvalue weighted by molar-refractivity contribution is 6.04. The Morgan fingerprint density at radius 1 is 1.08 bits per heavy atom. The number of alkyl halides is 3. The smallest absolute Gasteiger partial charge is 0.383 e. The third-order valence-corrected chi connectivity index (χ3v) is 6.44. The van der Waals surface area contributed by atoms with Crippen molar-refractivity contribution in [2.75, 3.05) is 43.8 Å². The Balaban J connectivity index is 1.49. The summed E-state index contributed by atoms with van der Waals surface area (Å²) in [6.45, 7) is 6.17. The molecule has 1 saturated heterocycles. The first-order valence-electron chi connectivity index (χ1n) is 12.4. The van der Waals surface area contributed by atoms with E-state index >= 15 is 0 Å². The molecule has 0 atom stereocenters. The van der Waals surface area contributed by atoms with Crippen molar-refractivity contribution in [3.8, 4) is 11.8 Å². The second kappa shape index (κ2) is 12.1. The zero-order valence-corrected chi connectivity index (χ0v) is 21.3. The van der Waals surface area contributed by atoms with Crippen LogP contribution in [0, 0.1) is 17.3 Å². The number of rotatable bonds is 6. The number of benzene rings is 1. The van der Waals surface area contributed by atoms with Crippen LogP contribution >= 0.6 is 0 Å². The van der Waals surface area contributed by atoms with Crippen LogP contribution in [0.15, 0.2) is 48.8 Å². The number of nitrogens with one attached hydrogen (secondary N) is 2. The largest absolute Gasteiger partial charge is 0.416 e. The maximum atomic E-state index is 13.9. The van der Waals surface area contributed by atoms with Crippen molar-refractivity contribution in [3.05, 3.63) is 82.2 Å². The normalized spacial score (nSPS) is 14.4. The summed E-state index contributed by atoms with van der Waals surface area (Å²) in [6, 6.07) is 8.44. The summed E-state index contributed by atoms with van der Waals surface area (Å²) in [5.41, 5.74) is 6.39. The van der Waals surface area contributed by atoms with Gasteiger partial charge in [0.15, 0.2) is 0 Å². The molecule has 0 radical (unpaired) electrons. The summed E-state index contributed by atoms with van der Waals surface area (Å²) >= 11 is 0. The van der Waals surface area contributed by atoms with E-state index in [4.69, 9.17) is 11.1 Å². The Morgan fingerprint density at radius 2 is 1.79 bits per heavy atom. The second-order valence-electron chi connectivity index (χ2n) is 9.06. The molecule has 2 aromatic heterocycles. The zero-order chi connectivity index (χ0) is 28.0. The van der Waals surface area contributed by atoms with Gasteiger partial charge in [-0.1, -0.05) is 24.8 Å². The maximum absolute atomic E-state index is 13.9. The molecular formula is C28H28F3N7O. The molecule has 8 nitrogen and oxygen atoms in total. The van der Waals surface area contributed by atoms with Crippen molar-refractivity contribution in [1.82, 2.24) is 19.8 Å². The highest BCUT2D eigenvalue weighted by atomic mass is 19.4. The van der Waals surface area contributed by atoms with Crippen molar-refractivity contribution in [3.63, 3.8) is 0 Å². The summed E-state index contributed by atoms with van der Waals surface area (Å²) in [4.78, 5) is 25.2. The molecule has 3 heterocycles. The Morgan fingerprint density at radius 3 is 2.49 bits per heavy atom. The Labute approximate surface area is 224 Å². The Kier molecular flexibility index (Phi) is 8.59. The highest BCUT2D eigenvalue weighted by Gasteiger charge is 2.34. The van der Waals surface area contributed by atoms with E-state index in [1.165, 1.54) is 30.6 Å². The van der Waals surface area contributed by atoms with E-state index in [9.17, 15) is 18.0 Å². The van der Waals surface area contributed by atoms with E-state index in [0.29, 0.717) is 29.8 Å². The molecule has 11 heteroatoms. The van der Waals surface area contributed by atoms with Crippen LogP contribution in [0.1, 0.15) is 45.1 Å². The van der Waals surface area contributed by atoms with Gasteiger partial charge in [0, 0.05) is 73.6 Å². The van der Waals surface area contributed by atoms with Gasteiger partial charge in [0.2, 0.25) is 0 Å². The number of aromatic nitrogens is 2. The lowest BCUT2D eigenvalue weighted by molar-refractivity contribution is -0.138. The van der Waals surface area contributed by atoms with Crippen LogP contribution in [-0.2, 0) is 12.7 Å². The van der Waals surface area contributed by atoms with Crippen molar-refractivity contribution in [1.29, 1.82) is 5.41 Å². The van der Waals surface area contributed by atoms with Crippen LogP contribution in [0.25, 0.3) is 0 Å². The second-order valence-corrected chi connectivity index (χ2v) is 9.06. The number of carbonyl (C=O) groups excluding carboxylic acids is 1. The molecule has 1 aromatic carbocycles. The van der Waals surface area contributed by atoms with Gasteiger partial charge in [-0.2, -0.15) is 13.2 Å². The van der Waals surface area contributed by atoms with Gasteiger partial charge in [-0.25, -0.2) is 9.97 Å². The van der Waals surface area contributed by atoms with Crippen molar-refractivity contribution >= 4 is 23.8 Å². The third-order valence-electron chi connectivity index (χ3n) is 6.44. The molecule has 0 aliphatic carbocycles. The molecule has 0 unspecified atom stereocenters. The molecule has 0 bridgehead atoms. The SMILES string of the molecule is CCN1CCN(Cc2ccc(C(=O)Nc3cc(C#Cc4cnc(N)c(C=N)c4)ccn3)cc2C(F)(F)F)CC1. The fraction of sp³-hybridized carbons (Fsp3) is 0.286. The summed E-state index contributed by atoms with van der Waals surface area (Å²) in [7, 11) is 0. The summed E-state index contributed by atoms with van der Waals surface area (Å²) in [6.07, 6.45) is -0.602. The molecule has 4 N–H and O–H groups in total. The monoisotopic (exact) mass is 535 g/mol. The van der Waals surface area contributed by atoms with Crippen molar-refractivity contribution < 1.29 is 18.0 Å². The quantitative estimate of drug-likeness (QED) is 0.327. The van der Waals surface area contributed by atoms with Crippen LogP contribution in [0.5, 0.6) is 0 Å². The number of hydrogen-bond donors (Lipinski definition) is 3. The fourth-order valence-electron chi connectivity index (χ4n) is 4.21. The van der Waals surface area contributed by atoms with Gasteiger partial charge >= 0.3 is 6.18 Å². The molecule has 4 rings (SSSR count). The first-order valence-corrected chi connectivity index (χ1v) is 12.4.